The zero-order valence-electron chi connectivity index (χ0n) is 21.5. The van der Waals surface area contributed by atoms with Crippen LogP contribution in [-0.2, 0) is 11.3 Å². The Morgan fingerprint density at radius 3 is 2.61 bits per heavy atom. The molecule has 38 heavy (non-hydrogen) atoms. The summed E-state index contributed by atoms with van der Waals surface area (Å²) >= 11 is 1.73. The first-order valence-electron chi connectivity index (χ1n) is 13.2. The van der Waals surface area contributed by atoms with Crippen LogP contribution in [0.3, 0.4) is 0 Å². The second-order valence-electron chi connectivity index (χ2n) is 10.2. The quantitative estimate of drug-likeness (QED) is 0.377. The zero-order chi connectivity index (χ0) is 26.1. The van der Waals surface area contributed by atoms with Gasteiger partial charge in [-0.15, -0.1) is 0 Å². The summed E-state index contributed by atoms with van der Waals surface area (Å²) in [6.07, 6.45) is 0.778. The summed E-state index contributed by atoms with van der Waals surface area (Å²) in [4.78, 5) is 28.4. The summed E-state index contributed by atoms with van der Waals surface area (Å²) in [5.41, 5.74) is 5.06. The number of thioether (sulfide) groups is 1. The van der Waals surface area contributed by atoms with E-state index in [9.17, 15) is 9.18 Å². The van der Waals surface area contributed by atoms with Crippen LogP contribution < -0.4 is 4.90 Å². The second kappa shape index (κ2) is 10.8. The minimum atomic E-state index is -0.210. The third kappa shape index (κ3) is 5.28. The van der Waals surface area contributed by atoms with E-state index in [1.807, 2.05) is 46.2 Å². The predicted molar refractivity (Wildman–Crippen MR) is 151 cm³/mol. The van der Waals surface area contributed by atoms with E-state index in [2.05, 4.69) is 41.1 Å². The van der Waals surface area contributed by atoms with Gasteiger partial charge >= 0.3 is 0 Å². The number of piperazine rings is 1. The molecule has 2 saturated heterocycles. The largest absolute Gasteiger partial charge is 0.366 e. The highest BCUT2D eigenvalue weighted by molar-refractivity contribution is 7.99. The van der Waals surface area contributed by atoms with Gasteiger partial charge in [0.25, 0.3) is 0 Å². The standard InChI is InChI=1S/C30H32FN5OS/c1-21-7-6-8-22(17-21)19-36-20-23(38-30-32-25-10-3-4-11-26(25)33-30)18-28(36)29(37)35-15-13-34(14-16-35)27-12-5-2-9-24(27)31/h2-12,17,23,28H,13-16,18-20H2,1H3,(H,32,33)/t23-,28+/m1/s1. The summed E-state index contributed by atoms with van der Waals surface area (Å²) in [6.45, 7) is 6.13. The molecule has 2 fully saturated rings. The molecule has 196 valence electrons. The SMILES string of the molecule is Cc1cccc(CN2C[C@H](Sc3nc4ccccc4[nH]3)C[C@H]2C(=O)N2CCN(c3ccccc3F)CC2)c1. The van der Waals surface area contributed by atoms with Crippen molar-refractivity contribution in [3.05, 3.63) is 89.7 Å². The average molecular weight is 530 g/mol. The maximum absolute atomic E-state index is 14.3. The first kappa shape index (κ1) is 24.9. The van der Waals surface area contributed by atoms with Gasteiger partial charge in [0.15, 0.2) is 5.16 Å². The van der Waals surface area contributed by atoms with Crippen LogP contribution in [0.15, 0.2) is 78.0 Å². The number of amides is 1. The molecule has 6 nitrogen and oxygen atoms in total. The van der Waals surface area contributed by atoms with Gasteiger partial charge in [-0.2, -0.15) is 0 Å². The molecule has 0 radical (unpaired) electrons. The number of H-pyrrole nitrogens is 1. The molecule has 2 aliphatic rings. The number of carbonyl (C=O) groups is 1. The van der Waals surface area contributed by atoms with E-state index >= 15 is 0 Å². The van der Waals surface area contributed by atoms with E-state index in [0.29, 0.717) is 31.9 Å². The van der Waals surface area contributed by atoms with Crippen molar-refractivity contribution >= 4 is 34.4 Å². The van der Waals surface area contributed by atoms with Crippen LogP contribution in [0.5, 0.6) is 0 Å². The number of para-hydroxylation sites is 3. The molecule has 1 amide bonds. The molecule has 6 rings (SSSR count). The Hall–Kier alpha value is -3.36. The van der Waals surface area contributed by atoms with Crippen molar-refractivity contribution < 1.29 is 9.18 Å². The zero-order valence-corrected chi connectivity index (χ0v) is 22.3. The van der Waals surface area contributed by atoms with Crippen LogP contribution in [0, 0.1) is 12.7 Å². The summed E-state index contributed by atoms with van der Waals surface area (Å²) in [5, 5.41) is 1.16. The number of imidazole rings is 1. The van der Waals surface area contributed by atoms with E-state index in [4.69, 9.17) is 4.98 Å². The fraction of sp³-hybridized carbons (Fsp3) is 0.333. The lowest BCUT2D eigenvalue weighted by Crippen LogP contribution is -2.53. The lowest BCUT2D eigenvalue weighted by Gasteiger charge is -2.38. The van der Waals surface area contributed by atoms with Crippen molar-refractivity contribution in [3.63, 3.8) is 0 Å². The lowest BCUT2D eigenvalue weighted by atomic mass is 10.1. The molecule has 2 atom stereocenters. The van der Waals surface area contributed by atoms with Crippen LogP contribution in [0.25, 0.3) is 11.0 Å². The highest BCUT2D eigenvalue weighted by Crippen LogP contribution is 2.34. The molecule has 2 aliphatic heterocycles. The maximum Gasteiger partial charge on any atom is 0.240 e. The van der Waals surface area contributed by atoms with E-state index in [1.165, 1.54) is 17.2 Å². The molecular weight excluding hydrogens is 497 g/mol. The van der Waals surface area contributed by atoms with E-state index < -0.39 is 0 Å². The Balaban J connectivity index is 1.17. The molecule has 1 aromatic heterocycles. The Kier molecular flexibility index (Phi) is 7.08. The number of aromatic nitrogens is 2. The molecular formula is C30H32FN5OS. The number of likely N-dealkylation sites (tertiary alicyclic amines) is 1. The number of rotatable bonds is 6. The van der Waals surface area contributed by atoms with Crippen molar-refractivity contribution in [2.75, 3.05) is 37.6 Å². The van der Waals surface area contributed by atoms with E-state index in [1.54, 1.807) is 17.8 Å². The fourth-order valence-corrected chi connectivity index (χ4v) is 6.83. The number of hydrogen-bond acceptors (Lipinski definition) is 5. The Bertz CT molecular complexity index is 1400. The van der Waals surface area contributed by atoms with Crippen LogP contribution in [-0.4, -0.2) is 69.7 Å². The van der Waals surface area contributed by atoms with Gasteiger partial charge < -0.3 is 14.8 Å². The number of hydrogen-bond donors (Lipinski definition) is 1. The lowest BCUT2D eigenvalue weighted by molar-refractivity contribution is -0.136. The molecule has 0 bridgehead atoms. The van der Waals surface area contributed by atoms with Crippen molar-refractivity contribution in [1.82, 2.24) is 19.8 Å². The molecule has 0 saturated carbocycles. The molecule has 1 N–H and O–H groups in total. The topological polar surface area (TPSA) is 55.5 Å². The normalized spacial score (nSPS) is 20.4. The van der Waals surface area contributed by atoms with Crippen molar-refractivity contribution in [2.45, 2.75) is 36.3 Å². The number of nitrogens with zero attached hydrogens (tertiary/aromatic N) is 4. The summed E-state index contributed by atoms with van der Waals surface area (Å²) < 4.78 is 14.3. The molecule has 4 aromatic rings. The van der Waals surface area contributed by atoms with E-state index in [0.717, 1.165) is 35.7 Å². The number of benzene rings is 3. The second-order valence-corrected chi connectivity index (χ2v) is 11.5. The fourth-order valence-electron chi connectivity index (χ4n) is 5.65. The smallest absolute Gasteiger partial charge is 0.240 e. The van der Waals surface area contributed by atoms with Gasteiger partial charge in [-0.05, 0) is 43.2 Å². The summed E-state index contributed by atoms with van der Waals surface area (Å²) in [5.74, 6) is -0.0311. The predicted octanol–water partition coefficient (Wildman–Crippen LogP) is 5.09. The van der Waals surface area contributed by atoms with Gasteiger partial charge in [-0.3, -0.25) is 9.69 Å². The maximum atomic E-state index is 14.3. The number of anilines is 1. The first-order chi connectivity index (χ1) is 18.5. The highest BCUT2D eigenvalue weighted by atomic mass is 32.2. The number of carbonyl (C=O) groups excluding carboxylic acids is 1. The molecule has 3 aromatic carbocycles. The summed E-state index contributed by atoms with van der Waals surface area (Å²) in [6, 6.07) is 23.3. The van der Waals surface area contributed by atoms with Gasteiger partial charge in [-0.25, -0.2) is 9.37 Å². The van der Waals surface area contributed by atoms with Crippen molar-refractivity contribution in [1.29, 1.82) is 0 Å². The molecule has 0 spiro atoms. The average Bonchev–Trinajstić information content (AvgIpc) is 3.52. The van der Waals surface area contributed by atoms with Crippen molar-refractivity contribution in [2.24, 2.45) is 0 Å². The Morgan fingerprint density at radius 2 is 1.82 bits per heavy atom. The number of halogens is 1. The van der Waals surface area contributed by atoms with Crippen LogP contribution in [0.1, 0.15) is 17.5 Å². The number of nitrogens with one attached hydrogen (secondary N) is 1. The number of aromatic amines is 1. The molecule has 3 heterocycles. The Morgan fingerprint density at radius 1 is 1.03 bits per heavy atom. The molecule has 0 aliphatic carbocycles. The van der Waals surface area contributed by atoms with Gasteiger partial charge in [0.1, 0.15) is 5.82 Å². The van der Waals surface area contributed by atoms with Crippen LogP contribution in [0.2, 0.25) is 0 Å². The van der Waals surface area contributed by atoms with Gasteiger partial charge in [0.2, 0.25) is 5.91 Å². The van der Waals surface area contributed by atoms with Crippen LogP contribution >= 0.6 is 11.8 Å². The van der Waals surface area contributed by atoms with E-state index in [-0.39, 0.29) is 23.0 Å². The Labute approximate surface area is 226 Å². The molecule has 0 unspecified atom stereocenters. The van der Waals surface area contributed by atoms with Gasteiger partial charge in [-0.1, -0.05) is 65.9 Å². The van der Waals surface area contributed by atoms with Gasteiger partial charge in [0, 0.05) is 44.5 Å². The third-order valence-corrected chi connectivity index (χ3v) is 8.64. The minimum absolute atomic E-state index is 0.179. The first-order valence-corrected chi connectivity index (χ1v) is 14.1. The molecule has 8 heteroatoms. The van der Waals surface area contributed by atoms with Crippen molar-refractivity contribution in [3.8, 4) is 0 Å². The number of aryl methyl sites for hydroxylation is 1. The third-order valence-electron chi connectivity index (χ3n) is 7.55. The van der Waals surface area contributed by atoms with Gasteiger partial charge in [0.05, 0.1) is 22.8 Å². The highest BCUT2D eigenvalue weighted by Gasteiger charge is 2.40. The minimum Gasteiger partial charge on any atom is -0.366 e. The monoisotopic (exact) mass is 529 g/mol. The number of fused-ring (bicyclic) bond motifs is 1. The van der Waals surface area contributed by atoms with Crippen LogP contribution in [0.4, 0.5) is 10.1 Å². The summed E-state index contributed by atoms with van der Waals surface area (Å²) in [7, 11) is 0.